The normalized spacial score (nSPS) is 15.4. The summed E-state index contributed by atoms with van der Waals surface area (Å²) in [5.41, 5.74) is 13.3. The summed E-state index contributed by atoms with van der Waals surface area (Å²) >= 11 is 1.91. The number of anilines is 3. The Morgan fingerprint density at radius 1 is 0.466 bits per heavy atom. The number of aromatic nitrogens is 1. The van der Waals surface area contributed by atoms with E-state index < -0.39 is 0 Å². The molecule has 0 saturated carbocycles. The first-order chi connectivity index (χ1) is 28.7. The molecular formula is C55H40N2S. The first-order valence-electron chi connectivity index (χ1n) is 20.1. The maximum absolute atomic E-state index is 2.48. The Hall–Kier alpha value is -6.94. The van der Waals surface area contributed by atoms with Gasteiger partial charge in [0.25, 0.3) is 0 Å². The van der Waals surface area contributed by atoms with Crippen LogP contribution in [0.15, 0.2) is 212 Å². The molecule has 0 radical (unpaired) electrons. The highest BCUT2D eigenvalue weighted by Gasteiger charge is 2.24. The van der Waals surface area contributed by atoms with E-state index in [1.807, 2.05) is 11.3 Å². The van der Waals surface area contributed by atoms with Crippen molar-refractivity contribution < 1.29 is 0 Å². The number of rotatable bonds is 7. The van der Waals surface area contributed by atoms with Crippen LogP contribution in [0.3, 0.4) is 0 Å². The average molecular weight is 761 g/mol. The highest BCUT2D eigenvalue weighted by Crippen LogP contribution is 2.45. The maximum Gasteiger partial charge on any atom is 0.0555 e. The smallest absolute Gasteiger partial charge is 0.0555 e. The second-order valence-corrected chi connectivity index (χ2v) is 16.4. The van der Waals surface area contributed by atoms with Crippen LogP contribution in [0.1, 0.15) is 18.4 Å². The zero-order valence-corrected chi connectivity index (χ0v) is 33.0. The molecule has 0 aliphatic heterocycles. The Balaban J connectivity index is 0.929. The van der Waals surface area contributed by atoms with Gasteiger partial charge in [0, 0.05) is 59.6 Å². The summed E-state index contributed by atoms with van der Waals surface area (Å²) in [4.78, 5) is 2.36. The summed E-state index contributed by atoms with van der Waals surface area (Å²) in [5, 5.41) is 5.34. The molecule has 3 heteroatoms. The van der Waals surface area contributed by atoms with Gasteiger partial charge in [-0.1, -0.05) is 159 Å². The second-order valence-electron chi connectivity index (χ2n) is 15.4. The molecule has 1 aliphatic carbocycles. The number of hydrogen-bond donors (Lipinski definition) is 0. The van der Waals surface area contributed by atoms with Crippen molar-refractivity contribution in [1.29, 1.82) is 0 Å². The fourth-order valence-electron chi connectivity index (χ4n) is 9.04. The van der Waals surface area contributed by atoms with Crippen LogP contribution in [0.25, 0.3) is 69.9 Å². The molecule has 1 aliphatic rings. The standard InChI is InChI=1S/C55H40N2S/c1-37-36-46(57-51-18-10-8-17-50(51)54-52(57)35-34-49-48-16-9-11-19-53(48)58-55(49)54)32-33-47(37)42-24-30-45(31-25-42)56(43-26-20-40(21-27-43)38-12-4-2-5-13-38)44-28-22-41(23-29-44)39-14-6-3-7-15-39/h2-37,47H,1H3. The molecule has 8 aromatic carbocycles. The Kier molecular flexibility index (Phi) is 8.41. The van der Waals surface area contributed by atoms with E-state index in [9.17, 15) is 0 Å². The van der Waals surface area contributed by atoms with Gasteiger partial charge in [0.15, 0.2) is 0 Å². The lowest BCUT2D eigenvalue weighted by Crippen LogP contribution is -2.12. The van der Waals surface area contributed by atoms with Crippen LogP contribution in [-0.4, -0.2) is 4.57 Å². The predicted molar refractivity (Wildman–Crippen MR) is 250 cm³/mol. The number of nitrogens with zero attached hydrogens (tertiary/aromatic N) is 2. The van der Waals surface area contributed by atoms with Crippen molar-refractivity contribution in [3.05, 3.63) is 218 Å². The van der Waals surface area contributed by atoms with E-state index in [1.165, 1.54) is 75.5 Å². The summed E-state index contributed by atoms with van der Waals surface area (Å²) in [6.07, 6.45) is 7.22. The minimum Gasteiger partial charge on any atom is -0.311 e. The summed E-state index contributed by atoms with van der Waals surface area (Å²) < 4.78 is 5.18. The molecule has 10 aromatic rings. The molecule has 58 heavy (non-hydrogen) atoms. The summed E-state index contributed by atoms with van der Waals surface area (Å²) in [6, 6.07) is 70.6. The molecule has 276 valence electrons. The van der Waals surface area contributed by atoms with Gasteiger partial charge in [-0.15, -0.1) is 11.3 Å². The highest BCUT2D eigenvalue weighted by atomic mass is 32.1. The van der Waals surface area contributed by atoms with Gasteiger partial charge in [0.2, 0.25) is 0 Å². The molecule has 0 fully saturated rings. The second kappa shape index (κ2) is 14.2. The lowest BCUT2D eigenvalue weighted by Gasteiger charge is -2.28. The van der Waals surface area contributed by atoms with Crippen LogP contribution in [0.4, 0.5) is 17.1 Å². The quantitative estimate of drug-likeness (QED) is 0.157. The van der Waals surface area contributed by atoms with Gasteiger partial charge in [-0.25, -0.2) is 0 Å². The monoisotopic (exact) mass is 760 g/mol. The van der Waals surface area contributed by atoms with Crippen LogP contribution in [0, 0.1) is 5.92 Å². The number of allylic oxidation sites excluding steroid dienone is 4. The van der Waals surface area contributed by atoms with Gasteiger partial charge in [0.05, 0.1) is 11.0 Å². The Morgan fingerprint density at radius 2 is 1.00 bits per heavy atom. The fraction of sp³-hybridized carbons (Fsp3) is 0.0545. The van der Waals surface area contributed by atoms with Crippen molar-refractivity contribution in [2.45, 2.75) is 12.8 Å². The van der Waals surface area contributed by atoms with Gasteiger partial charge in [-0.2, -0.15) is 0 Å². The molecule has 2 heterocycles. The Bertz CT molecular complexity index is 3070. The molecule has 2 aromatic heterocycles. The lowest BCUT2D eigenvalue weighted by molar-refractivity contribution is 0.635. The first-order valence-corrected chi connectivity index (χ1v) is 20.9. The molecule has 2 unspecified atom stereocenters. The van der Waals surface area contributed by atoms with E-state index in [-0.39, 0.29) is 5.92 Å². The SMILES string of the molecule is CC1C=C(n2c3ccccc3c3c4sc5ccccc5c4ccc32)C=CC1c1ccc(N(c2ccc(-c3ccccc3)cc2)c2ccc(-c3ccccc3)cc2)cc1. The average Bonchev–Trinajstić information content (AvgIpc) is 3.84. The van der Waals surface area contributed by atoms with Gasteiger partial charge >= 0.3 is 0 Å². The van der Waals surface area contributed by atoms with Gasteiger partial charge in [0.1, 0.15) is 0 Å². The number of hydrogen-bond acceptors (Lipinski definition) is 2. The van der Waals surface area contributed by atoms with E-state index in [1.54, 1.807) is 0 Å². The van der Waals surface area contributed by atoms with Crippen molar-refractivity contribution in [3.8, 4) is 22.3 Å². The molecule has 2 nitrogen and oxygen atoms in total. The predicted octanol–water partition coefficient (Wildman–Crippen LogP) is 15.8. The van der Waals surface area contributed by atoms with Gasteiger partial charge in [-0.05, 0) is 94.4 Å². The molecule has 2 atom stereocenters. The maximum atomic E-state index is 2.48. The van der Waals surface area contributed by atoms with Gasteiger partial charge in [-0.3, -0.25) is 0 Å². The fourth-order valence-corrected chi connectivity index (χ4v) is 10.3. The van der Waals surface area contributed by atoms with Crippen LogP contribution in [-0.2, 0) is 0 Å². The number of benzene rings is 8. The van der Waals surface area contributed by atoms with E-state index in [2.05, 4.69) is 229 Å². The summed E-state index contributed by atoms with van der Waals surface area (Å²) in [6.45, 7) is 2.36. The largest absolute Gasteiger partial charge is 0.311 e. The first kappa shape index (κ1) is 34.3. The number of para-hydroxylation sites is 1. The van der Waals surface area contributed by atoms with Crippen LogP contribution in [0.5, 0.6) is 0 Å². The van der Waals surface area contributed by atoms with E-state index in [0.29, 0.717) is 5.92 Å². The van der Waals surface area contributed by atoms with Crippen LogP contribution >= 0.6 is 11.3 Å². The third-order valence-corrected chi connectivity index (χ3v) is 13.1. The van der Waals surface area contributed by atoms with Crippen molar-refractivity contribution in [3.63, 3.8) is 0 Å². The van der Waals surface area contributed by atoms with E-state index in [0.717, 1.165) is 17.1 Å². The molecule has 11 rings (SSSR count). The molecular weight excluding hydrogens is 721 g/mol. The van der Waals surface area contributed by atoms with Crippen molar-refractivity contribution in [2.75, 3.05) is 4.90 Å². The Labute approximate surface area is 342 Å². The van der Waals surface area contributed by atoms with E-state index >= 15 is 0 Å². The molecule has 0 bridgehead atoms. The third-order valence-electron chi connectivity index (χ3n) is 11.9. The zero-order valence-electron chi connectivity index (χ0n) is 32.2. The van der Waals surface area contributed by atoms with Crippen LogP contribution in [0.2, 0.25) is 0 Å². The Morgan fingerprint density at radius 3 is 1.62 bits per heavy atom. The summed E-state index contributed by atoms with van der Waals surface area (Å²) in [5.74, 6) is 0.575. The molecule has 0 amide bonds. The summed E-state index contributed by atoms with van der Waals surface area (Å²) in [7, 11) is 0. The van der Waals surface area contributed by atoms with Crippen molar-refractivity contribution in [2.24, 2.45) is 5.92 Å². The van der Waals surface area contributed by atoms with Crippen molar-refractivity contribution in [1.82, 2.24) is 4.57 Å². The molecule has 0 saturated heterocycles. The molecule has 0 N–H and O–H groups in total. The number of thiophene rings is 1. The minimum absolute atomic E-state index is 0.268. The molecule has 0 spiro atoms. The number of fused-ring (bicyclic) bond motifs is 7. The highest BCUT2D eigenvalue weighted by molar-refractivity contribution is 7.26. The third kappa shape index (κ3) is 5.86. The topological polar surface area (TPSA) is 8.17 Å². The van der Waals surface area contributed by atoms with Gasteiger partial charge < -0.3 is 9.47 Å². The van der Waals surface area contributed by atoms with Crippen molar-refractivity contribution >= 4 is 76.1 Å². The zero-order chi connectivity index (χ0) is 38.6. The van der Waals surface area contributed by atoms with Crippen LogP contribution < -0.4 is 4.90 Å². The minimum atomic E-state index is 0.268. The lowest BCUT2D eigenvalue weighted by atomic mass is 9.83. The van der Waals surface area contributed by atoms with E-state index in [4.69, 9.17) is 0 Å².